The summed E-state index contributed by atoms with van der Waals surface area (Å²) in [4.78, 5) is 0. The van der Waals surface area contributed by atoms with Crippen LogP contribution in [0.1, 0.15) is 0 Å². The Morgan fingerprint density at radius 3 is 0.609 bits per heavy atom. The van der Waals surface area contributed by atoms with Gasteiger partial charge in [0.1, 0.15) is 244 Å². The van der Waals surface area contributed by atoms with E-state index < -0.39 is 373 Å². The minimum atomic E-state index is -2.44. The van der Waals surface area contributed by atoms with Gasteiger partial charge in [-0.3, -0.25) is 0 Å². The van der Waals surface area contributed by atoms with Crippen molar-refractivity contribution in [3.63, 3.8) is 0 Å². The Morgan fingerprint density at radius 1 is 0.164 bits per heavy atom. The molecular weight excluding hydrogens is 1520 g/mol. The first-order valence-electron chi connectivity index (χ1n) is 35.2. The van der Waals surface area contributed by atoms with Crippen molar-refractivity contribution in [1.29, 1.82) is 0 Å². The summed E-state index contributed by atoms with van der Waals surface area (Å²) >= 11 is 0. The molecule has 640 valence electrons. The van der Waals surface area contributed by atoms with Gasteiger partial charge in [0, 0.05) is 0 Å². The fourth-order valence-corrected chi connectivity index (χ4v) is 14.8. The third-order valence-electron chi connectivity index (χ3n) is 21.1. The molecular formula is C60H100O50. The molecule has 0 aromatic rings. The number of hydrogen-bond acceptors (Lipinski definition) is 50. The van der Waals surface area contributed by atoms with Gasteiger partial charge in [-0.25, -0.2) is 0 Å². The lowest BCUT2D eigenvalue weighted by Crippen LogP contribution is -2.69. The van der Waals surface area contributed by atoms with E-state index >= 15 is 0 Å². The summed E-state index contributed by atoms with van der Waals surface area (Å²) in [5.74, 6) is 0. The summed E-state index contributed by atoms with van der Waals surface area (Å²) in [7, 11) is 0. The van der Waals surface area contributed by atoms with E-state index in [1.165, 1.54) is 0 Å². The summed E-state index contributed by atoms with van der Waals surface area (Å²) in [6.07, 6.45) is -105. The van der Waals surface area contributed by atoms with Crippen molar-refractivity contribution in [3.05, 3.63) is 0 Å². The molecule has 110 heavy (non-hydrogen) atoms. The van der Waals surface area contributed by atoms with E-state index in [2.05, 4.69) is 0 Å². The largest absolute Gasteiger partial charge is 0.394 e. The van der Waals surface area contributed by atoms with Gasteiger partial charge in [0.05, 0.1) is 66.1 Å². The average molecular weight is 1620 g/mol. The van der Waals surface area contributed by atoms with Crippen LogP contribution >= 0.6 is 0 Å². The van der Waals surface area contributed by atoms with Crippen molar-refractivity contribution in [3.8, 4) is 0 Å². The van der Waals surface area contributed by atoms with Crippen LogP contribution in [0.3, 0.4) is 0 Å². The lowest BCUT2D eigenvalue weighted by Gasteiger charge is -2.51. The molecule has 26 fully saturated rings. The lowest BCUT2D eigenvalue weighted by atomic mass is 9.94. The second-order valence-corrected chi connectivity index (χ2v) is 28.1. The molecule has 12 bridgehead atoms. The second kappa shape index (κ2) is 37.9. The first-order valence-corrected chi connectivity index (χ1v) is 35.2. The van der Waals surface area contributed by atoms with E-state index in [9.17, 15) is 153 Å². The van der Waals surface area contributed by atoms with Crippen LogP contribution in [0.4, 0.5) is 0 Å². The van der Waals surface area contributed by atoms with Crippen molar-refractivity contribution < 1.29 is 248 Å². The highest BCUT2D eigenvalue weighted by molar-refractivity contribution is 5.04. The molecule has 0 aliphatic carbocycles. The van der Waals surface area contributed by atoms with E-state index in [0.717, 1.165) is 0 Å². The Hall–Kier alpha value is -2.00. The Bertz CT molecular complexity index is 2780. The van der Waals surface area contributed by atoms with Gasteiger partial charge in [0.2, 0.25) is 0 Å². The van der Waals surface area contributed by atoms with Crippen molar-refractivity contribution in [2.45, 2.75) is 307 Å². The lowest BCUT2D eigenvalue weighted by molar-refractivity contribution is -0.406. The van der Waals surface area contributed by atoms with Crippen LogP contribution in [-0.2, 0) is 94.7 Å². The molecule has 50 heteroatoms. The highest BCUT2D eigenvalue weighted by Gasteiger charge is 2.62. The van der Waals surface area contributed by atoms with Crippen LogP contribution in [0.25, 0.3) is 0 Å². The highest BCUT2D eigenvalue weighted by atomic mass is 16.8. The van der Waals surface area contributed by atoms with Crippen molar-refractivity contribution >= 4 is 0 Å². The fraction of sp³-hybridized carbons (Fsp3) is 1.00. The van der Waals surface area contributed by atoms with Crippen LogP contribution < -0.4 is 0 Å². The molecule has 30 N–H and O–H groups in total. The molecule has 26 saturated heterocycles. The Morgan fingerprint density at radius 2 is 0.364 bits per heavy atom. The average Bonchev–Trinajstić information content (AvgIpc) is 0.783. The summed E-state index contributed by atoms with van der Waals surface area (Å²) in [5, 5.41) is 333. The molecule has 0 aromatic heterocycles. The topological polar surface area (TPSA) is 792 Å². The minimum Gasteiger partial charge on any atom is -0.394 e. The van der Waals surface area contributed by atoms with E-state index in [1.54, 1.807) is 0 Å². The minimum absolute atomic E-state index is 0.882. The van der Waals surface area contributed by atoms with Crippen LogP contribution in [-0.4, -0.2) is 526 Å². The van der Waals surface area contributed by atoms with E-state index in [0.29, 0.717) is 0 Å². The third kappa shape index (κ3) is 17.7. The molecule has 0 spiro atoms. The van der Waals surface area contributed by atoms with Gasteiger partial charge in [-0.1, -0.05) is 0 Å². The van der Waals surface area contributed by atoms with Gasteiger partial charge >= 0.3 is 0 Å². The third-order valence-corrected chi connectivity index (χ3v) is 21.1. The number of aliphatic hydroxyl groups is 30. The zero-order chi connectivity index (χ0) is 80.1. The SMILES string of the molecule is OC[C@H]1O[C@@H](O[C@@H]2[C@H](O)[C@@H](O)[C@H](O[C@H]3[C@H](O)[C@@H](O)[C@H](O[C@H]4[C@H](O)[C@@H](O)[C@H](OC[C@H]5O[C@@H]6O[C@H]7[C@H](O)[C@@H](O)[C@@H](O[C@H]8[C@H](O)[C@@H](O)[C@@H](O[C@H]9[C@H](O)[C@@H](O)[C@@H](O[C@H]%10[C@H](O)[C@@H](O)[C@@H](O[C@H]%11[C@H](O)[C@@H](O)[C@@H](O[C@H]5[C@H](O)[C@H]6O)O[C@@H]%11CO)O[C@@H]%10CO)O[C@@H]9CO)O[C@@H]8CO)O[C@@H]7CO)O[C@@H]4CO)O[C@@H]3CO)O[C@@H]2CO)[C@H](O)[C@@H](O)[C@H]1O. The van der Waals surface area contributed by atoms with Crippen LogP contribution in [0, 0.1) is 0 Å². The predicted octanol–water partition coefficient (Wildman–Crippen LogP) is -21.8. The molecule has 50 nitrogen and oxygen atoms in total. The van der Waals surface area contributed by atoms with Gasteiger partial charge in [-0.2, -0.15) is 0 Å². The van der Waals surface area contributed by atoms with Crippen molar-refractivity contribution in [1.82, 2.24) is 0 Å². The molecule has 0 saturated carbocycles. The Kier molecular flexibility index (Phi) is 30.6. The van der Waals surface area contributed by atoms with E-state index in [4.69, 9.17) is 94.7 Å². The number of aliphatic hydroxyl groups excluding tert-OH is 30. The van der Waals surface area contributed by atoms with Crippen LogP contribution in [0.5, 0.6) is 0 Å². The van der Waals surface area contributed by atoms with E-state index in [1.807, 2.05) is 0 Å². The summed E-state index contributed by atoms with van der Waals surface area (Å²) < 4.78 is 115. The molecule has 26 heterocycles. The molecule has 0 unspecified atom stereocenters. The zero-order valence-electron chi connectivity index (χ0n) is 57.5. The quantitative estimate of drug-likeness (QED) is 0.0606. The van der Waals surface area contributed by atoms with E-state index in [-0.39, 0.29) is 0 Å². The molecule has 50 atom stereocenters. The molecule has 0 aromatic carbocycles. The molecule has 26 aliphatic heterocycles. The second-order valence-electron chi connectivity index (χ2n) is 28.1. The molecule has 0 radical (unpaired) electrons. The maximum atomic E-state index is 12.0. The first-order chi connectivity index (χ1) is 52.3. The summed E-state index contributed by atoms with van der Waals surface area (Å²) in [5.41, 5.74) is 0. The normalized spacial score (nSPS) is 54.9. The standard InChI is InChI=1S/C60H100O50/c61-1-11-21(70)22(71)32(81)52(92-11)102-43-13(3-63)94-54(34(83)24(43)73)104-44-14(4-64)95-53(35(84)25(44)74)103-42-12(2-62)93-51(33(82)23(42)72)91-10-20-50-31(80)41(90)60(101-20)109-49-19(9-69)99-58(39(88)29(49)78)107-47-17(7-67)97-56(37(86)27(47)76)105-45-15(5-65)96-55(36(85)26(45)75)106-46-16(6-66)98-57(38(87)28(46)77)108-48-18(8-68)100-59(110-50)40(89)30(48)79/h11-90H,1-10H2/t11-,12-,13-,14-,15-,16-,17-,18-,19-,20-,21+,22+,23-,24-,25-,26-,27-,28-,29-,30-,31-,32-,33-,34-,35-,36-,37-,38-,39-,40-,41-,42-,43+,44-,45-,46-,47-,48-,49-,50-,51-,52+,53+,54+,55-,56-,57-,58-,59-,60-/m1/s1. The first kappa shape index (κ1) is 88.8. The van der Waals surface area contributed by atoms with Gasteiger partial charge < -0.3 is 248 Å². The predicted molar refractivity (Wildman–Crippen MR) is 326 cm³/mol. The molecule has 26 aliphatic rings. The van der Waals surface area contributed by atoms with Gasteiger partial charge in [0.25, 0.3) is 0 Å². The van der Waals surface area contributed by atoms with Gasteiger partial charge in [-0.05, 0) is 0 Å². The van der Waals surface area contributed by atoms with Crippen molar-refractivity contribution in [2.75, 3.05) is 66.1 Å². The maximum absolute atomic E-state index is 12.0. The smallest absolute Gasteiger partial charge is 0.187 e. The fourth-order valence-electron chi connectivity index (χ4n) is 14.8. The molecule has 0 amide bonds. The van der Waals surface area contributed by atoms with Crippen LogP contribution in [0.2, 0.25) is 0 Å². The van der Waals surface area contributed by atoms with Crippen LogP contribution in [0.15, 0.2) is 0 Å². The molecule has 26 rings (SSSR count). The Labute approximate surface area is 619 Å². The number of hydrogen-bond donors (Lipinski definition) is 30. The zero-order valence-corrected chi connectivity index (χ0v) is 57.5. The number of rotatable bonds is 18. The summed E-state index contributed by atoms with van der Waals surface area (Å²) in [6.45, 7) is -11.0. The van der Waals surface area contributed by atoms with Gasteiger partial charge in [0.15, 0.2) is 62.9 Å². The monoisotopic (exact) mass is 1620 g/mol. The Balaban J connectivity index is 0.809. The summed E-state index contributed by atoms with van der Waals surface area (Å²) in [6, 6.07) is 0. The highest BCUT2D eigenvalue weighted by Crippen LogP contribution is 2.41. The van der Waals surface area contributed by atoms with Gasteiger partial charge in [-0.15, -0.1) is 0 Å². The van der Waals surface area contributed by atoms with Crippen molar-refractivity contribution in [2.24, 2.45) is 0 Å². The maximum Gasteiger partial charge on any atom is 0.187 e. The number of ether oxygens (including phenoxy) is 20.